The van der Waals surface area contributed by atoms with Crippen LogP contribution >= 0.6 is 0 Å². The van der Waals surface area contributed by atoms with Gasteiger partial charge in [0.15, 0.2) is 0 Å². The third kappa shape index (κ3) is 29.8. The first-order chi connectivity index (χ1) is 15.9. The summed E-state index contributed by atoms with van der Waals surface area (Å²) in [6.45, 7) is 11.3. The maximum absolute atomic E-state index is 5.63. The van der Waals surface area contributed by atoms with Crippen molar-refractivity contribution in [1.29, 1.82) is 0 Å². The largest absolute Gasteiger partial charge is 0.379 e. The zero-order valence-electron chi connectivity index (χ0n) is 21.7. The molecule has 0 heterocycles. The molecular weight excluding hydrogens is 404 g/mol. The van der Waals surface area contributed by atoms with Crippen LogP contribution in [0.4, 0.5) is 0 Å². The maximum atomic E-state index is 5.63. The molecule has 32 heavy (non-hydrogen) atoms. The van der Waals surface area contributed by atoms with E-state index in [1.165, 1.54) is 89.9 Å². The Labute approximate surface area is 200 Å². The SMILES string of the molecule is CCCCCCCCCCCCOCCOCCOCCOCCOCCCCCCC. The molecule has 0 rings (SSSR count). The van der Waals surface area contributed by atoms with E-state index in [1.807, 2.05) is 0 Å². The Morgan fingerprint density at radius 2 is 0.469 bits per heavy atom. The van der Waals surface area contributed by atoms with Crippen molar-refractivity contribution in [3.05, 3.63) is 0 Å². The Morgan fingerprint density at radius 1 is 0.250 bits per heavy atom. The van der Waals surface area contributed by atoms with Crippen LogP contribution in [0.5, 0.6) is 0 Å². The molecule has 0 aromatic rings. The van der Waals surface area contributed by atoms with Gasteiger partial charge in [-0.25, -0.2) is 0 Å². The lowest BCUT2D eigenvalue weighted by atomic mass is 10.1. The zero-order valence-corrected chi connectivity index (χ0v) is 21.7. The molecule has 0 aromatic heterocycles. The van der Waals surface area contributed by atoms with Crippen LogP contribution in [0.15, 0.2) is 0 Å². The molecule has 0 aliphatic carbocycles. The molecule has 5 nitrogen and oxygen atoms in total. The summed E-state index contributed by atoms with van der Waals surface area (Å²) in [6.07, 6.45) is 20.0. The first-order valence-corrected chi connectivity index (χ1v) is 13.8. The molecule has 0 N–H and O–H groups in total. The second-order valence-electron chi connectivity index (χ2n) is 8.66. The number of hydrogen-bond donors (Lipinski definition) is 0. The van der Waals surface area contributed by atoms with Crippen LogP contribution < -0.4 is 0 Å². The fraction of sp³-hybridized carbons (Fsp3) is 1.00. The molecule has 0 aromatic carbocycles. The average Bonchev–Trinajstić information content (AvgIpc) is 2.81. The number of unbranched alkanes of at least 4 members (excludes halogenated alkanes) is 13. The monoisotopic (exact) mass is 460 g/mol. The van der Waals surface area contributed by atoms with Gasteiger partial charge in [0.1, 0.15) is 0 Å². The van der Waals surface area contributed by atoms with E-state index in [9.17, 15) is 0 Å². The van der Waals surface area contributed by atoms with E-state index in [4.69, 9.17) is 23.7 Å². The minimum absolute atomic E-state index is 0.607. The molecule has 0 fully saturated rings. The van der Waals surface area contributed by atoms with Gasteiger partial charge in [-0.05, 0) is 12.8 Å². The summed E-state index contributed by atoms with van der Waals surface area (Å²) in [6, 6.07) is 0. The number of hydrogen-bond acceptors (Lipinski definition) is 5. The normalized spacial score (nSPS) is 11.4. The standard InChI is InChI=1S/C27H56O5/c1-3-5-7-9-10-11-12-13-15-17-19-29-21-23-31-25-27-32-26-24-30-22-20-28-18-16-14-8-6-4-2/h3-27H2,1-2H3. The van der Waals surface area contributed by atoms with Gasteiger partial charge in [0.05, 0.1) is 52.9 Å². The van der Waals surface area contributed by atoms with Crippen LogP contribution in [0, 0.1) is 0 Å². The van der Waals surface area contributed by atoms with Crippen molar-refractivity contribution >= 4 is 0 Å². The van der Waals surface area contributed by atoms with Gasteiger partial charge in [-0.15, -0.1) is 0 Å². The molecule has 0 unspecified atom stereocenters. The van der Waals surface area contributed by atoms with E-state index in [0.717, 1.165) is 19.6 Å². The Bertz CT molecular complexity index is 284. The van der Waals surface area contributed by atoms with E-state index in [2.05, 4.69) is 13.8 Å². The minimum atomic E-state index is 0.607. The van der Waals surface area contributed by atoms with Crippen molar-refractivity contribution in [2.75, 3.05) is 66.1 Å². The van der Waals surface area contributed by atoms with Crippen molar-refractivity contribution < 1.29 is 23.7 Å². The topological polar surface area (TPSA) is 46.2 Å². The predicted octanol–water partition coefficient (Wildman–Crippen LogP) is 6.96. The summed E-state index contributed by atoms with van der Waals surface area (Å²) < 4.78 is 27.7. The molecule has 0 saturated carbocycles. The first kappa shape index (κ1) is 31.8. The van der Waals surface area contributed by atoms with Gasteiger partial charge in [0.2, 0.25) is 0 Å². The highest BCUT2D eigenvalue weighted by atomic mass is 16.6. The highest BCUT2D eigenvalue weighted by molar-refractivity contribution is 4.47. The molecule has 194 valence electrons. The minimum Gasteiger partial charge on any atom is -0.379 e. The summed E-state index contributed by atoms with van der Waals surface area (Å²) in [5.41, 5.74) is 0. The lowest BCUT2D eigenvalue weighted by molar-refractivity contribution is -0.0114. The van der Waals surface area contributed by atoms with E-state index in [1.54, 1.807) is 0 Å². The smallest absolute Gasteiger partial charge is 0.0701 e. The Hall–Kier alpha value is -0.200. The second kappa shape index (κ2) is 30.8. The van der Waals surface area contributed by atoms with Crippen LogP contribution in [0.25, 0.3) is 0 Å². The molecule has 5 heteroatoms. The molecular formula is C27H56O5. The second-order valence-corrected chi connectivity index (χ2v) is 8.66. The Balaban J connectivity index is 2.98. The summed E-state index contributed by atoms with van der Waals surface area (Å²) in [5, 5.41) is 0. The molecule has 0 saturated heterocycles. The average molecular weight is 461 g/mol. The highest BCUT2D eigenvalue weighted by Gasteiger charge is 1.95. The summed E-state index contributed by atoms with van der Waals surface area (Å²) in [5.74, 6) is 0. The molecule has 0 amide bonds. The van der Waals surface area contributed by atoms with Crippen molar-refractivity contribution in [3.63, 3.8) is 0 Å². The zero-order chi connectivity index (χ0) is 23.2. The van der Waals surface area contributed by atoms with Gasteiger partial charge >= 0.3 is 0 Å². The molecule has 0 spiro atoms. The van der Waals surface area contributed by atoms with E-state index < -0.39 is 0 Å². The van der Waals surface area contributed by atoms with E-state index >= 15 is 0 Å². The van der Waals surface area contributed by atoms with Crippen LogP contribution in [0.3, 0.4) is 0 Å². The predicted molar refractivity (Wildman–Crippen MR) is 135 cm³/mol. The number of rotatable bonds is 29. The van der Waals surface area contributed by atoms with Gasteiger partial charge in [-0.3, -0.25) is 0 Å². The molecule has 0 radical (unpaired) electrons. The fourth-order valence-electron chi connectivity index (χ4n) is 3.48. The van der Waals surface area contributed by atoms with Crippen LogP contribution in [0.1, 0.15) is 110 Å². The molecule has 0 aliphatic rings. The van der Waals surface area contributed by atoms with Crippen molar-refractivity contribution in [2.24, 2.45) is 0 Å². The maximum Gasteiger partial charge on any atom is 0.0701 e. The van der Waals surface area contributed by atoms with E-state index in [-0.39, 0.29) is 0 Å². The third-order valence-electron chi connectivity index (χ3n) is 5.52. The van der Waals surface area contributed by atoms with Gasteiger partial charge in [-0.1, -0.05) is 97.3 Å². The van der Waals surface area contributed by atoms with Crippen molar-refractivity contribution in [1.82, 2.24) is 0 Å². The summed E-state index contributed by atoms with van der Waals surface area (Å²) in [4.78, 5) is 0. The Kier molecular flexibility index (Phi) is 30.6. The molecule has 0 atom stereocenters. The van der Waals surface area contributed by atoms with Gasteiger partial charge in [0.25, 0.3) is 0 Å². The van der Waals surface area contributed by atoms with E-state index in [0.29, 0.717) is 52.9 Å². The van der Waals surface area contributed by atoms with Crippen LogP contribution in [-0.4, -0.2) is 66.1 Å². The van der Waals surface area contributed by atoms with Crippen LogP contribution in [0.2, 0.25) is 0 Å². The molecule has 0 aliphatic heterocycles. The molecule has 0 bridgehead atoms. The Morgan fingerprint density at radius 3 is 0.750 bits per heavy atom. The van der Waals surface area contributed by atoms with Crippen molar-refractivity contribution in [2.45, 2.75) is 110 Å². The number of ether oxygens (including phenoxy) is 5. The summed E-state index contributed by atoms with van der Waals surface area (Å²) in [7, 11) is 0. The highest BCUT2D eigenvalue weighted by Crippen LogP contribution is 2.10. The first-order valence-electron chi connectivity index (χ1n) is 13.8. The quantitative estimate of drug-likeness (QED) is 0.113. The third-order valence-corrected chi connectivity index (χ3v) is 5.52. The van der Waals surface area contributed by atoms with Gasteiger partial charge < -0.3 is 23.7 Å². The fourth-order valence-corrected chi connectivity index (χ4v) is 3.48. The van der Waals surface area contributed by atoms with Gasteiger partial charge in [0, 0.05) is 13.2 Å². The lowest BCUT2D eigenvalue weighted by Gasteiger charge is -2.08. The van der Waals surface area contributed by atoms with Crippen molar-refractivity contribution in [3.8, 4) is 0 Å². The lowest BCUT2D eigenvalue weighted by Crippen LogP contribution is -2.13. The van der Waals surface area contributed by atoms with Gasteiger partial charge in [-0.2, -0.15) is 0 Å². The van der Waals surface area contributed by atoms with Crippen LogP contribution in [-0.2, 0) is 23.7 Å². The summed E-state index contributed by atoms with van der Waals surface area (Å²) >= 11 is 0.